The van der Waals surface area contributed by atoms with Crippen molar-refractivity contribution in [2.45, 2.75) is 44.1 Å². The number of hydrogen-bond acceptors (Lipinski definition) is 6. The largest absolute Gasteiger partial charge is 0.462 e. The molecule has 2 heterocycles. The summed E-state index contributed by atoms with van der Waals surface area (Å²) in [4.78, 5) is 26.9. The number of nitrogens with zero attached hydrogens (tertiary/aromatic N) is 1. The number of benzene rings is 2. The number of amides is 1. The van der Waals surface area contributed by atoms with E-state index in [2.05, 4.69) is 5.32 Å². The number of morpholine rings is 1. The number of nitrogens with one attached hydrogen (secondary N) is 1. The average molecular weight is 487 g/mol. The van der Waals surface area contributed by atoms with Crippen LogP contribution in [0.4, 0.5) is 10.1 Å². The highest BCUT2D eigenvalue weighted by Gasteiger charge is 2.35. The fourth-order valence-corrected chi connectivity index (χ4v) is 5.48. The number of halogens is 1. The van der Waals surface area contributed by atoms with E-state index in [1.165, 1.54) is 23.9 Å². The molecule has 34 heavy (non-hydrogen) atoms. The first-order valence-electron chi connectivity index (χ1n) is 11.8. The van der Waals surface area contributed by atoms with Crippen LogP contribution in [0.3, 0.4) is 0 Å². The van der Waals surface area contributed by atoms with Gasteiger partial charge in [-0.15, -0.1) is 11.8 Å². The maximum absolute atomic E-state index is 13.3. The number of hydrogen-bond donors (Lipinski definition) is 1. The van der Waals surface area contributed by atoms with Crippen LogP contribution in [0, 0.1) is 12.7 Å². The number of aryl methyl sites for hydroxylation is 1. The maximum Gasteiger partial charge on any atom is 0.338 e. The van der Waals surface area contributed by atoms with E-state index >= 15 is 0 Å². The van der Waals surface area contributed by atoms with Gasteiger partial charge >= 0.3 is 5.97 Å². The van der Waals surface area contributed by atoms with Gasteiger partial charge in [-0.1, -0.05) is 18.6 Å². The Hall–Kier alpha value is -2.42. The van der Waals surface area contributed by atoms with Gasteiger partial charge in [0.2, 0.25) is 5.91 Å². The summed E-state index contributed by atoms with van der Waals surface area (Å²) in [7, 11) is 0. The number of rotatable bonds is 9. The van der Waals surface area contributed by atoms with Gasteiger partial charge in [0.05, 0.1) is 30.6 Å². The van der Waals surface area contributed by atoms with Crippen molar-refractivity contribution in [3.05, 3.63) is 65.0 Å². The Kier molecular flexibility index (Phi) is 8.59. The van der Waals surface area contributed by atoms with Crippen LogP contribution in [0.15, 0.2) is 42.5 Å². The first-order valence-corrected chi connectivity index (χ1v) is 12.9. The molecule has 6 nitrogen and oxygen atoms in total. The molecule has 0 bridgehead atoms. The number of carbonyl (C=O) groups is 2. The molecule has 0 saturated carbocycles. The summed E-state index contributed by atoms with van der Waals surface area (Å²) in [5, 5.41) is 3.11. The van der Waals surface area contributed by atoms with Crippen LogP contribution < -0.4 is 10.2 Å². The summed E-state index contributed by atoms with van der Waals surface area (Å²) >= 11 is 1.51. The molecule has 2 aliphatic heterocycles. The minimum absolute atomic E-state index is 0.00726. The molecule has 182 valence electrons. The third-order valence-electron chi connectivity index (χ3n) is 6.12. The number of anilines is 1. The molecule has 2 aromatic carbocycles. The fourth-order valence-electron chi connectivity index (χ4n) is 4.32. The molecule has 1 amide bonds. The van der Waals surface area contributed by atoms with Crippen LogP contribution in [-0.2, 0) is 14.3 Å². The maximum atomic E-state index is 13.3. The molecule has 0 aromatic heterocycles. The summed E-state index contributed by atoms with van der Waals surface area (Å²) in [6.45, 7) is 4.88. The average Bonchev–Trinajstić information content (AvgIpc) is 3.23. The molecular formula is C26H31FN2O4S. The normalized spacial score (nSPS) is 20.5. The fraction of sp³-hybridized carbons (Fsp3) is 0.462. The number of ether oxygens (including phenoxy) is 2. The van der Waals surface area contributed by atoms with Gasteiger partial charge in [-0.05, 0) is 67.6 Å². The highest BCUT2D eigenvalue weighted by atomic mass is 32.2. The lowest BCUT2D eigenvalue weighted by atomic mass is 10.1. The van der Waals surface area contributed by atoms with Crippen LogP contribution in [0.1, 0.15) is 52.5 Å². The van der Waals surface area contributed by atoms with E-state index in [-0.39, 0.29) is 23.1 Å². The molecule has 2 aromatic rings. The van der Waals surface area contributed by atoms with Gasteiger partial charge in [0.25, 0.3) is 0 Å². The quantitative estimate of drug-likeness (QED) is 0.412. The van der Waals surface area contributed by atoms with Gasteiger partial charge in [-0.3, -0.25) is 9.69 Å². The van der Waals surface area contributed by atoms with Gasteiger partial charge in [-0.2, -0.15) is 0 Å². The smallest absolute Gasteiger partial charge is 0.338 e. The molecule has 2 saturated heterocycles. The van der Waals surface area contributed by atoms with E-state index in [0.29, 0.717) is 24.0 Å². The van der Waals surface area contributed by atoms with E-state index in [1.54, 1.807) is 35.2 Å². The molecular weight excluding hydrogens is 455 g/mol. The zero-order valence-electron chi connectivity index (χ0n) is 19.4. The third kappa shape index (κ3) is 6.17. The second-order valence-corrected chi connectivity index (χ2v) is 9.73. The van der Waals surface area contributed by atoms with Crippen molar-refractivity contribution in [2.75, 3.05) is 37.0 Å². The molecule has 2 fully saturated rings. The Morgan fingerprint density at radius 1 is 1.21 bits per heavy atom. The van der Waals surface area contributed by atoms with Crippen LogP contribution in [0.5, 0.6) is 0 Å². The minimum atomic E-state index is -0.355. The van der Waals surface area contributed by atoms with Crippen LogP contribution in [0.25, 0.3) is 0 Å². The number of carbonyl (C=O) groups excluding carboxylic acids is 2. The Balaban J connectivity index is 1.30. The van der Waals surface area contributed by atoms with Gasteiger partial charge in [0, 0.05) is 18.8 Å². The van der Waals surface area contributed by atoms with Crippen molar-refractivity contribution >= 4 is 29.3 Å². The standard InChI is InChI=1S/C26H31FN2O4S/c1-18-15-20(26(31)33-13-4-2-3-5-22-16-28-12-14-32-22)8-11-23(18)29-24(30)17-34-25(29)19-6-9-21(27)10-7-19/h6-11,15,22,25,28H,2-5,12-14,16-17H2,1H3. The predicted molar refractivity (Wildman–Crippen MR) is 132 cm³/mol. The van der Waals surface area contributed by atoms with E-state index < -0.39 is 0 Å². The molecule has 0 aliphatic carbocycles. The molecule has 4 rings (SSSR count). The SMILES string of the molecule is Cc1cc(C(=O)OCCCCCC2CNCCO2)ccc1N1C(=O)CSC1c1ccc(F)cc1. The summed E-state index contributed by atoms with van der Waals surface area (Å²) in [6, 6.07) is 11.5. The first kappa shape index (κ1) is 24.7. The van der Waals surface area contributed by atoms with Crippen molar-refractivity contribution < 1.29 is 23.5 Å². The summed E-state index contributed by atoms with van der Waals surface area (Å²) < 4.78 is 24.5. The highest BCUT2D eigenvalue weighted by molar-refractivity contribution is 8.00. The van der Waals surface area contributed by atoms with Crippen molar-refractivity contribution in [1.29, 1.82) is 0 Å². The predicted octanol–water partition coefficient (Wildman–Crippen LogP) is 4.62. The zero-order chi connectivity index (χ0) is 23.9. The van der Waals surface area contributed by atoms with Crippen molar-refractivity contribution in [1.82, 2.24) is 5.32 Å². The van der Waals surface area contributed by atoms with Gasteiger partial charge in [0.1, 0.15) is 11.2 Å². The van der Waals surface area contributed by atoms with E-state index in [4.69, 9.17) is 9.47 Å². The monoisotopic (exact) mass is 486 g/mol. The van der Waals surface area contributed by atoms with Crippen molar-refractivity contribution in [2.24, 2.45) is 0 Å². The molecule has 8 heteroatoms. The second-order valence-electron chi connectivity index (χ2n) is 8.66. The Bertz CT molecular complexity index is 995. The lowest BCUT2D eigenvalue weighted by molar-refractivity contribution is -0.115. The van der Waals surface area contributed by atoms with Gasteiger partial charge in [0.15, 0.2) is 0 Å². The van der Waals surface area contributed by atoms with Gasteiger partial charge in [-0.25, -0.2) is 9.18 Å². The minimum Gasteiger partial charge on any atom is -0.462 e. The molecule has 0 spiro atoms. The molecule has 2 aliphatic rings. The lowest BCUT2D eigenvalue weighted by Gasteiger charge is -2.26. The zero-order valence-corrected chi connectivity index (χ0v) is 20.2. The number of unbranched alkanes of at least 4 members (excludes halogenated alkanes) is 2. The van der Waals surface area contributed by atoms with Gasteiger partial charge < -0.3 is 14.8 Å². The third-order valence-corrected chi connectivity index (χ3v) is 7.34. The second kappa shape index (κ2) is 11.8. The van der Waals surface area contributed by atoms with Crippen molar-refractivity contribution in [3.8, 4) is 0 Å². The summed E-state index contributed by atoms with van der Waals surface area (Å²) in [5.41, 5.74) is 2.91. The first-order chi connectivity index (χ1) is 16.5. The molecule has 2 unspecified atom stereocenters. The molecule has 2 atom stereocenters. The topological polar surface area (TPSA) is 67.9 Å². The summed E-state index contributed by atoms with van der Waals surface area (Å²) in [6.07, 6.45) is 4.18. The Morgan fingerprint density at radius 3 is 2.76 bits per heavy atom. The molecule has 1 N–H and O–H groups in total. The Labute approximate surface area is 204 Å². The van der Waals surface area contributed by atoms with Crippen LogP contribution in [0.2, 0.25) is 0 Å². The lowest BCUT2D eigenvalue weighted by Crippen LogP contribution is -2.38. The van der Waals surface area contributed by atoms with E-state index in [0.717, 1.165) is 62.2 Å². The number of thioether (sulfide) groups is 1. The highest BCUT2D eigenvalue weighted by Crippen LogP contribution is 2.42. The van der Waals surface area contributed by atoms with E-state index in [9.17, 15) is 14.0 Å². The van der Waals surface area contributed by atoms with Crippen LogP contribution >= 0.6 is 11.8 Å². The molecule has 0 radical (unpaired) electrons. The van der Waals surface area contributed by atoms with E-state index in [1.807, 2.05) is 6.92 Å². The Morgan fingerprint density at radius 2 is 2.03 bits per heavy atom. The van der Waals surface area contributed by atoms with Crippen molar-refractivity contribution in [3.63, 3.8) is 0 Å². The van der Waals surface area contributed by atoms with Crippen LogP contribution in [-0.4, -0.2) is 50.0 Å². The summed E-state index contributed by atoms with van der Waals surface area (Å²) in [5.74, 6) is -0.313. The number of esters is 1.